The molecule has 8 heteroatoms. The van der Waals surface area contributed by atoms with Gasteiger partial charge in [-0.25, -0.2) is 0 Å². The second kappa shape index (κ2) is 8.51. The molecule has 1 atom stereocenters. The van der Waals surface area contributed by atoms with E-state index in [9.17, 15) is 9.59 Å². The first kappa shape index (κ1) is 21.6. The van der Waals surface area contributed by atoms with Gasteiger partial charge in [0.2, 0.25) is 5.91 Å². The Morgan fingerprint density at radius 2 is 1.81 bits per heavy atom. The lowest BCUT2D eigenvalue weighted by atomic mass is 10.2. The number of aromatic amines is 1. The van der Waals surface area contributed by atoms with Crippen LogP contribution >= 0.6 is 11.6 Å². The molecule has 0 fully saturated rings. The third-order valence-electron chi connectivity index (χ3n) is 5.30. The summed E-state index contributed by atoms with van der Waals surface area (Å²) in [5, 5.41) is 11.3. The molecule has 0 spiro atoms. The van der Waals surface area contributed by atoms with Gasteiger partial charge in [-0.2, -0.15) is 5.10 Å². The van der Waals surface area contributed by atoms with Crippen LogP contribution in [0.25, 0.3) is 10.9 Å². The number of anilines is 2. The van der Waals surface area contributed by atoms with Crippen molar-refractivity contribution in [1.82, 2.24) is 14.8 Å². The number of nitrogens with one attached hydrogen (secondary N) is 3. The Morgan fingerprint density at radius 1 is 1.03 bits per heavy atom. The monoisotopic (exact) mass is 449 g/mol. The van der Waals surface area contributed by atoms with E-state index in [1.54, 1.807) is 35.9 Å². The van der Waals surface area contributed by atoms with E-state index in [-0.39, 0.29) is 11.8 Å². The summed E-state index contributed by atoms with van der Waals surface area (Å²) in [6, 6.07) is 14.2. The highest BCUT2D eigenvalue weighted by molar-refractivity contribution is 6.34. The maximum absolute atomic E-state index is 12.7. The molecule has 0 aliphatic carbocycles. The quantitative estimate of drug-likeness (QED) is 0.381. The number of aryl methyl sites for hydroxylation is 3. The second-order valence-electron chi connectivity index (χ2n) is 7.96. The predicted molar refractivity (Wildman–Crippen MR) is 127 cm³/mol. The van der Waals surface area contributed by atoms with Crippen LogP contribution in [-0.2, 0) is 4.79 Å². The number of hydrogen-bond donors (Lipinski definition) is 3. The highest BCUT2D eigenvalue weighted by Gasteiger charge is 2.19. The van der Waals surface area contributed by atoms with Gasteiger partial charge in [-0.1, -0.05) is 23.7 Å². The lowest BCUT2D eigenvalue weighted by Gasteiger charge is -2.15. The van der Waals surface area contributed by atoms with Crippen LogP contribution in [0.15, 0.2) is 48.5 Å². The van der Waals surface area contributed by atoms with Crippen molar-refractivity contribution in [1.29, 1.82) is 0 Å². The van der Waals surface area contributed by atoms with Gasteiger partial charge in [0.25, 0.3) is 5.91 Å². The van der Waals surface area contributed by atoms with Gasteiger partial charge in [-0.15, -0.1) is 0 Å². The fraction of sp³-hybridized carbons (Fsp3) is 0.208. The van der Waals surface area contributed by atoms with E-state index in [0.29, 0.717) is 22.1 Å². The van der Waals surface area contributed by atoms with Gasteiger partial charge in [0.1, 0.15) is 11.7 Å². The molecule has 0 bridgehead atoms. The van der Waals surface area contributed by atoms with E-state index in [4.69, 9.17) is 11.6 Å². The number of hydrogen-bond acceptors (Lipinski definition) is 3. The molecule has 0 aliphatic rings. The van der Waals surface area contributed by atoms with Gasteiger partial charge in [-0.05, 0) is 69.7 Å². The third-order valence-corrected chi connectivity index (χ3v) is 5.61. The van der Waals surface area contributed by atoms with Crippen LogP contribution in [0.3, 0.4) is 0 Å². The molecule has 2 heterocycles. The zero-order chi connectivity index (χ0) is 23.0. The van der Waals surface area contributed by atoms with E-state index < -0.39 is 6.04 Å². The normalized spacial score (nSPS) is 12.0. The molecule has 2 amide bonds. The van der Waals surface area contributed by atoms with Crippen molar-refractivity contribution < 1.29 is 9.59 Å². The second-order valence-corrected chi connectivity index (χ2v) is 8.37. The average molecular weight is 450 g/mol. The zero-order valence-electron chi connectivity index (χ0n) is 18.3. The standard InChI is InChI=1S/C24H24ClN5O2/c1-13-5-6-17-11-22(27-21(17)9-13)24(32)26-18-7-8-20(19(25)12-18)28-23(31)16(4)30-15(3)10-14(2)29-30/h5-12,16,27H,1-4H3,(H,26,32)(H,28,31). The van der Waals surface area contributed by atoms with Gasteiger partial charge >= 0.3 is 0 Å². The van der Waals surface area contributed by atoms with Crippen LogP contribution in [-0.4, -0.2) is 26.6 Å². The van der Waals surface area contributed by atoms with Crippen LogP contribution in [0.4, 0.5) is 11.4 Å². The summed E-state index contributed by atoms with van der Waals surface area (Å²) in [4.78, 5) is 28.5. The fourth-order valence-electron chi connectivity index (χ4n) is 3.64. The number of halogens is 1. The molecule has 32 heavy (non-hydrogen) atoms. The SMILES string of the molecule is Cc1ccc2cc(C(=O)Nc3ccc(NC(=O)C(C)n4nc(C)cc4C)c(Cl)c3)[nH]c2c1. The lowest BCUT2D eigenvalue weighted by molar-refractivity contribution is -0.119. The summed E-state index contributed by atoms with van der Waals surface area (Å²) in [5.74, 6) is -0.506. The van der Waals surface area contributed by atoms with Crippen LogP contribution < -0.4 is 10.6 Å². The van der Waals surface area contributed by atoms with Crippen LogP contribution in [0, 0.1) is 20.8 Å². The number of carbonyl (C=O) groups is 2. The van der Waals surface area contributed by atoms with Gasteiger partial charge in [-0.3, -0.25) is 14.3 Å². The minimum absolute atomic E-state index is 0.233. The Bertz CT molecular complexity index is 1340. The third kappa shape index (κ3) is 4.38. The maximum Gasteiger partial charge on any atom is 0.272 e. The Labute approximate surface area is 190 Å². The molecule has 4 rings (SSSR count). The summed E-state index contributed by atoms with van der Waals surface area (Å²) in [7, 11) is 0. The Balaban J connectivity index is 1.46. The molecule has 164 valence electrons. The van der Waals surface area contributed by atoms with Crippen molar-refractivity contribution in [2.75, 3.05) is 10.6 Å². The summed E-state index contributed by atoms with van der Waals surface area (Å²) in [6.45, 7) is 7.57. The molecule has 2 aromatic carbocycles. The first-order valence-corrected chi connectivity index (χ1v) is 10.6. The number of fused-ring (bicyclic) bond motifs is 1. The van der Waals surface area contributed by atoms with Crippen LogP contribution in [0.5, 0.6) is 0 Å². The molecule has 0 saturated carbocycles. The first-order valence-electron chi connectivity index (χ1n) is 10.2. The van der Waals surface area contributed by atoms with Gasteiger partial charge in [0.05, 0.1) is 16.4 Å². The highest BCUT2D eigenvalue weighted by atomic mass is 35.5. The molecule has 2 aromatic heterocycles. The van der Waals surface area contributed by atoms with Crippen molar-refractivity contribution in [3.8, 4) is 0 Å². The summed E-state index contributed by atoms with van der Waals surface area (Å²) >= 11 is 6.37. The number of nitrogens with zero attached hydrogens (tertiary/aromatic N) is 2. The highest BCUT2D eigenvalue weighted by Crippen LogP contribution is 2.27. The van der Waals surface area contributed by atoms with Crippen molar-refractivity contribution in [2.24, 2.45) is 0 Å². The summed E-state index contributed by atoms with van der Waals surface area (Å²) in [5.41, 5.74) is 5.22. The van der Waals surface area contributed by atoms with Crippen LogP contribution in [0.2, 0.25) is 5.02 Å². The average Bonchev–Trinajstić information content (AvgIpc) is 3.31. The van der Waals surface area contributed by atoms with Crippen molar-refractivity contribution in [3.63, 3.8) is 0 Å². The van der Waals surface area contributed by atoms with E-state index in [0.717, 1.165) is 27.9 Å². The number of benzene rings is 2. The first-order chi connectivity index (χ1) is 15.2. The molecule has 1 unspecified atom stereocenters. The largest absolute Gasteiger partial charge is 0.351 e. The molecule has 7 nitrogen and oxygen atoms in total. The zero-order valence-corrected chi connectivity index (χ0v) is 19.0. The topological polar surface area (TPSA) is 91.8 Å². The number of amides is 2. The molecule has 0 radical (unpaired) electrons. The number of rotatable bonds is 5. The molecule has 0 aliphatic heterocycles. The summed E-state index contributed by atoms with van der Waals surface area (Å²) in [6.07, 6.45) is 0. The van der Waals surface area contributed by atoms with Gasteiger partial charge in [0, 0.05) is 22.3 Å². The molecule has 0 saturated heterocycles. The van der Waals surface area contributed by atoms with E-state index in [1.807, 2.05) is 45.0 Å². The minimum atomic E-state index is -0.496. The number of aromatic nitrogens is 3. The van der Waals surface area contributed by atoms with E-state index >= 15 is 0 Å². The van der Waals surface area contributed by atoms with Gasteiger partial charge in [0.15, 0.2) is 0 Å². The minimum Gasteiger partial charge on any atom is -0.351 e. The van der Waals surface area contributed by atoms with E-state index in [2.05, 4.69) is 20.7 Å². The molecule has 4 aromatic rings. The Morgan fingerprint density at radius 3 is 2.50 bits per heavy atom. The van der Waals surface area contributed by atoms with Gasteiger partial charge < -0.3 is 15.6 Å². The lowest BCUT2D eigenvalue weighted by Crippen LogP contribution is -2.25. The molecular formula is C24H24ClN5O2. The number of H-pyrrole nitrogens is 1. The molecule has 3 N–H and O–H groups in total. The molecular weight excluding hydrogens is 426 g/mol. The van der Waals surface area contributed by atoms with Crippen LogP contribution in [0.1, 0.15) is 40.4 Å². The Kier molecular flexibility index (Phi) is 5.76. The smallest absolute Gasteiger partial charge is 0.272 e. The van der Waals surface area contributed by atoms with Crippen molar-refractivity contribution in [3.05, 3.63) is 76.2 Å². The fourth-order valence-corrected chi connectivity index (χ4v) is 3.87. The predicted octanol–water partition coefficient (Wildman–Crippen LogP) is 5.40. The Hall–Kier alpha value is -3.58. The summed E-state index contributed by atoms with van der Waals surface area (Å²) < 4.78 is 1.68. The van der Waals surface area contributed by atoms with Crippen molar-refractivity contribution in [2.45, 2.75) is 33.7 Å². The number of carbonyl (C=O) groups excluding carboxylic acids is 2. The van der Waals surface area contributed by atoms with E-state index in [1.165, 1.54) is 0 Å². The van der Waals surface area contributed by atoms with Crippen molar-refractivity contribution >= 4 is 45.7 Å². The maximum atomic E-state index is 12.7.